The molecule has 0 aliphatic heterocycles. The third kappa shape index (κ3) is 6.33. The minimum absolute atomic E-state index is 0.696. The zero-order chi connectivity index (χ0) is 23.4. The van der Waals surface area contributed by atoms with Crippen LogP contribution in [0.4, 0.5) is 0 Å². The molecule has 0 N–H and O–H groups in total. The first-order chi connectivity index (χ1) is 15.9. The third-order valence-electron chi connectivity index (χ3n) is 6.86. The molecule has 0 aromatic heterocycles. The minimum Gasteiger partial charge on any atom is -0.310 e. The first-order valence-electron chi connectivity index (χ1n) is 12.1. The maximum Gasteiger partial charge on any atom is 0.134 e. The van der Waals surface area contributed by atoms with Crippen LogP contribution in [0.15, 0.2) is 65.6 Å². The van der Waals surface area contributed by atoms with Crippen molar-refractivity contribution >= 4 is 37.7 Å². The van der Waals surface area contributed by atoms with Crippen molar-refractivity contribution in [3.63, 3.8) is 0 Å². The van der Waals surface area contributed by atoms with Gasteiger partial charge in [-0.15, -0.1) is 0 Å². The Balaban J connectivity index is 1.53. The van der Waals surface area contributed by atoms with Gasteiger partial charge in [0.1, 0.15) is 23.0 Å². The van der Waals surface area contributed by atoms with Crippen molar-refractivity contribution in [2.24, 2.45) is 5.92 Å². The van der Waals surface area contributed by atoms with E-state index in [1.54, 1.807) is 0 Å². The third-order valence-corrected chi connectivity index (χ3v) is 9.39. The summed E-state index contributed by atoms with van der Waals surface area (Å²) in [7, 11) is -1.14. The number of fused-ring (bicyclic) bond motifs is 1. The molecule has 176 valence electrons. The highest BCUT2D eigenvalue weighted by Crippen LogP contribution is 2.31. The maximum absolute atomic E-state index is 13.7. The summed E-state index contributed by atoms with van der Waals surface area (Å²) in [4.78, 5) is 0.914. The van der Waals surface area contributed by atoms with Crippen molar-refractivity contribution in [2.45, 2.75) is 45.1 Å². The fourth-order valence-electron chi connectivity index (χ4n) is 4.66. The Bertz CT molecular complexity index is 1100. The van der Waals surface area contributed by atoms with Crippen LogP contribution in [0.25, 0.3) is 10.8 Å². The average molecular weight is 529 g/mol. The number of hydrogen-bond acceptors (Lipinski definition) is 1. The molecule has 0 amide bonds. The molecule has 0 bridgehead atoms. The summed E-state index contributed by atoms with van der Waals surface area (Å²) in [5.41, 5.74) is 4.93. The lowest BCUT2D eigenvalue weighted by Crippen LogP contribution is -2.50. The number of quaternary nitrogens is 1. The van der Waals surface area contributed by atoms with Gasteiger partial charge in [0.2, 0.25) is 0 Å². The zero-order valence-electron chi connectivity index (χ0n) is 20.1. The highest BCUT2D eigenvalue weighted by molar-refractivity contribution is 9.09. The van der Waals surface area contributed by atoms with Gasteiger partial charge in [-0.2, -0.15) is 0 Å². The number of nitrogens with zero attached hydrogens (tertiary/aromatic N) is 2. The number of halogens is 1. The lowest BCUT2D eigenvalue weighted by Gasteiger charge is -2.37. The van der Waals surface area contributed by atoms with E-state index in [0.717, 1.165) is 52.9 Å². The molecule has 3 nitrogen and oxygen atoms in total. The van der Waals surface area contributed by atoms with E-state index in [1.807, 2.05) is 12.1 Å². The minimum atomic E-state index is -1.14. The molecule has 2 unspecified atom stereocenters. The Morgan fingerprint density at radius 2 is 1.70 bits per heavy atom. The van der Waals surface area contributed by atoms with Crippen LogP contribution in [0.1, 0.15) is 36.5 Å². The predicted molar refractivity (Wildman–Crippen MR) is 144 cm³/mol. The number of benzene rings is 3. The summed E-state index contributed by atoms with van der Waals surface area (Å²) in [6, 6.07) is 21.4. The van der Waals surface area contributed by atoms with E-state index in [1.165, 1.54) is 34.9 Å². The summed E-state index contributed by atoms with van der Waals surface area (Å²) < 4.78 is 16.9. The summed E-state index contributed by atoms with van der Waals surface area (Å²) in [5.74, 6) is 0.696. The molecule has 1 aliphatic rings. The molecule has 1 saturated carbocycles. The van der Waals surface area contributed by atoms with Crippen LogP contribution < -0.4 is 0 Å². The number of rotatable bonds is 11. The first-order valence-corrected chi connectivity index (χ1v) is 14.3. The van der Waals surface area contributed by atoms with E-state index in [4.69, 9.17) is 0 Å². The molecule has 1 aliphatic carbocycles. The molecular weight excluding hydrogens is 492 g/mol. The van der Waals surface area contributed by atoms with Crippen molar-refractivity contribution in [3.8, 4) is 0 Å². The van der Waals surface area contributed by atoms with Crippen molar-refractivity contribution in [3.05, 3.63) is 77.4 Å². The van der Waals surface area contributed by atoms with Crippen LogP contribution in [-0.4, -0.2) is 44.6 Å². The molecular formula is C28H36BrN2OS+. The molecule has 1 fully saturated rings. The van der Waals surface area contributed by atoms with E-state index in [2.05, 4.69) is 89.5 Å². The van der Waals surface area contributed by atoms with E-state index in [0.29, 0.717) is 5.92 Å². The summed E-state index contributed by atoms with van der Waals surface area (Å²) in [6.45, 7) is 11.4. The Morgan fingerprint density at radius 3 is 2.33 bits per heavy atom. The summed E-state index contributed by atoms with van der Waals surface area (Å²) >= 11 is 3.83. The van der Waals surface area contributed by atoms with E-state index in [-0.39, 0.29) is 0 Å². The number of alkyl halides is 1. The lowest BCUT2D eigenvalue weighted by molar-refractivity contribution is -0.925. The van der Waals surface area contributed by atoms with Gasteiger partial charge >= 0.3 is 0 Å². The van der Waals surface area contributed by atoms with Gasteiger partial charge in [0.25, 0.3) is 0 Å². The van der Waals surface area contributed by atoms with Crippen LogP contribution in [0, 0.1) is 19.8 Å². The molecule has 4 rings (SSSR count). The predicted octanol–water partition coefficient (Wildman–Crippen LogP) is 6.58. The van der Waals surface area contributed by atoms with E-state index >= 15 is 0 Å². The Hall–Kier alpha value is -1.53. The molecule has 0 heterocycles. The van der Waals surface area contributed by atoms with Gasteiger partial charge in [-0.05, 0) is 78.4 Å². The molecule has 3 aromatic carbocycles. The number of aryl methyl sites for hydroxylation is 2. The molecule has 0 radical (unpaired) electrons. The Morgan fingerprint density at radius 1 is 1.00 bits per heavy atom. The van der Waals surface area contributed by atoms with Gasteiger partial charge in [0.05, 0.1) is 24.5 Å². The second-order valence-electron chi connectivity index (χ2n) is 9.74. The monoisotopic (exact) mass is 527 g/mol. The Kier molecular flexibility index (Phi) is 8.06. The fraction of sp³-hybridized carbons (Fsp3) is 0.429. The topological polar surface area (TPSA) is 20.3 Å². The van der Waals surface area contributed by atoms with E-state index in [9.17, 15) is 4.21 Å². The van der Waals surface area contributed by atoms with Gasteiger partial charge in [-0.25, -0.2) is 8.51 Å². The van der Waals surface area contributed by atoms with Gasteiger partial charge in [0.15, 0.2) is 0 Å². The van der Waals surface area contributed by atoms with Crippen molar-refractivity contribution in [1.29, 1.82) is 0 Å². The van der Waals surface area contributed by atoms with Crippen molar-refractivity contribution < 1.29 is 8.69 Å². The molecule has 3 aromatic rings. The number of hydrogen-bond donors (Lipinski definition) is 0. The van der Waals surface area contributed by atoms with Crippen LogP contribution in [0.3, 0.4) is 0 Å². The molecule has 0 spiro atoms. The number of likely N-dealkylation sites (N-methyl/N-ethyl adjacent to an activating group) is 1. The van der Waals surface area contributed by atoms with Crippen molar-refractivity contribution in [2.75, 3.05) is 31.6 Å². The Labute approximate surface area is 210 Å². The second-order valence-corrected chi connectivity index (χ2v) is 11.7. The standard InChI is InChI=1S/C28H36BrN2OS/c1-4-31(21-29,20-25-16-22(2)15-23(3)17-25)14-13-30(19-24-9-10-24)33(32)28-12-11-26-7-5-6-8-27(26)18-28/h5-8,11-12,15-18,24H,4,9-10,13-14,19-21H2,1-3H3/q+1. The fourth-order valence-corrected chi connectivity index (χ4v) is 6.75. The second kappa shape index (κ2) is 10.8. The SMILES string of the molecule is CC[N+](CBr)(CCN(CC1CC1)S(=O)c1ccc2ccccc2c1)Cc1cc(C)cc(C)c1. The van der Waals surface area contributed by atoms with Crippen LogP contribution in [0.2, 0.25) is 0 Å². The highest BCUT2D eigenvalue weighted by atomic mass is 79.9. The highest BCUT2D eigenvalue weighted by Gasteiger charge is 2.31. The molecule has 2 atom stereocenters. The van der Waals surface area contributed by atoms with Gasteiger partial charge in [0, 0.05) is 12.1 Å². The van der Waals surface area contributed by atoms with Crippen LogP contribution in [0.5, 0.6) is 0 Å². The molecule has 5 heteroatoms. The summed E-state index contributed by atoms with van der Waals surface area (Å²) in [5, 5.41) is 2.35. The first kappa shape index (κ1) is 24.6. The largest absolute Gasteiger partial charge is 0.310 e. The van der Waals surface area contributed by atoms with Crippen LogP contribution in [-0.2, 0) is 17.5 Å². The van der Waals surface area contributed by atoms with Crippen LogP contribution >= 0.6 is 15.9 Å². The maximum atomic E-state index is 13.7. The molecule has 33 heavy (non-hydrogen) atoms. The van der Waals surface area contributed by atoms with E-state index < -0.39 is 11.0 Å². The molecule has 0 saturated heterocycles. The smallest absolute Gasteiger partial charge is 0.134 e. The normalized spacial score (nSPS) is 16.8. The van der Waals surface area contributed by atoms with Gasteiger partial charge in [-0.1, -0.05) is 59.7 Å². The van der Waals surface area contributed by atoms with Gasteiger partial charge in [-0.3, -0.25) is 0 Å². The zero-order valence-corrected chi connectivity index (χ0v) is 22.5. The lowest BCUT2D eigenvalue weighted by atomic mass is 10.1. The van der Waals surface area contributed by atoms with Gasteiger partial charge < -0.3 is 4.48 Å². The summed E-state index contributed by atoms with van der Waals surface area (Å²) in [6.07, 6.45) is 2.53. The van der Waals surface area contributed by atoms with Crippen molar-refractivity contribution in [1.82, 2.24) is 4.31 Å². The average Bonchev–Trinajstić information content (AvgIpc) is 3.63. The quantitative estimate of drug-likeness (QED) is 0.156.